The van der Waals surface area contributed by atoms with Gasteiger partial charge in [-0.2, -0.15) is 0 Å². The summed E-state index contributed by atoms with van der Waals surface area (Å²) in [6.45, 7) is 8.42. The Balaban J connectivity index is 2.22. The third kappa shape index (κ3) is 6.45. The van der Waals surface area contributed by atoms with Crippen LogP contribution in [0, 0.1) is 0 Å². The van der Waals surface area contributed by atoms with Crippen molar-refractivity contribution in [1.29, 1.82) is 0 Å². The number of carbonyl (C=O) groups is 1. The lowest BCUT2D eigenvalue weighted by atomic mass is 10.3. The Hall–Kier alpha value is -1.26. The van der Waals surface area contributed by atoms with Gasteiger partial charge < -0.3 is 15.5 Å². The lowest BCUT2D eigenvalue weighted by molar-refractivity contribution is -0.129. The Bertz CT molecular complexity index is 285. The van der Waals surface area contributed by atoms with Crippen molar-refractivity contribution in [2.24, 2.45) is 4.99 Å². The van der Waals surface area contributed by atoms with Crippen LogP contribution in [0.25, 0.3) is 0 Å². The van der Waals surface area contributed by atoms with Gasteiger partial charge in [-0.1, -0.05) is 13.3 Å². The van der Waals surface area contributed by atoms with Crippen LogP contribution in [0.5, 0.6) is 0 Å². The van der Waals surface area contributed by atoms with Crippen LogP contribution in [-0.2, 0) is 4.79 Å². The maximum absolute atomic E-state index is 11.9. The van der Waals surface area contributed by atoms with E-state index in [2.05, 4.69) is 22.5 Å². The van der Waals surface area contributed by atoms with E-state index in [-0.39, 0.29) is 5.91 Å². The molecule has 1 aliphatic rings. The molecular formula is C14H28N4O. The second-order valence-corrected chi connectivity index (χ2v) is 4.88. The van der Waals surface area contributed by atoms with E-state index in [1.807, 2.05) is 11.8 Å². The van der Waals surface area contributed by atoms with Crippen molar-refractivity contribution in [3.05, 3.63) is 0 Å². The average Bonchev–Trinajstić information content (AvgIpc) is 2.93. The molecule has 110 valence electrons. The Morgan fingerprint density at radius 1 is 1.21 bits per heavy atom. The molecule has 19 heavy (non-hydrogen) atoms. The molecule has 0 aromatic rings. The molecule has 0 atom stereocenters. The molecular weight excluding hydrogens is 240 g/mol. The monoisotopic (exact) mass is 268 g/mol. The number of carbonyl (C=O) groups excluding carboxylic acids is 1. The molecule has 0 radical (unpaired) electrons. The quantitative estimate of drug-likeness (QED) is 0.416. The third-order valence-corrected chi connectivity index (χ3v) is 3.22. The van der Waals surface area contributed by atoms with E-state index in [1.54, 1.807) is 0 Å². The van der Waals surface area contributed by atoms with Crippen molar-refractivity contribution in [1.82, 2.24) is 15.5 Å². The molecule has 0 aromatic carbocycles. The van der Waals surface area contributed by atoms with Crippen LogP contribution < -0.4 is 10.6 Å². The summed E-state index contributed by atoms with van der Waals surface area (Å²) in [6, 6.07) is 0. The Morgan fingerprint density at radius 2 is 1.95 bits per heavy atom. The summed E-state index contributed by atoms with van der Waals surface area (Å²) in [6.07, 6.45) is 5.11. The first-order chi connectivity index (χ1) is 9.27. The normalized spacial score (nSPS) is 15.7. The van der Waals surface area contributed by atoms with Gasteiger partial charge in [0.1, 0.15) is 0 Å². The van der Waals surface area contributed by atoms with Crippen molar-refractivity contribution in [2.45, 2.75) is 46.0 Å². The van der Waals surface area contributed by atoms with Crippen LogP contribution in [0.2, 0.25) is 0 Å². The van der Waals surface area contributed by atoms with Gasteiger partial charge in [0.05, 0.1) is 0 Å². The van der Waals surface area contributed by atoms with Crippen molar-refractivity contribution in [3.8, 4) is 0 Å². The number of hydrogen-bond acceptors (Lipinski definition) is 2. The summed E-state index contributed by atoms with van der Waals surface area (Å²) in [5.74, 6) is 1.08. The van der Waals surface area contributed by atoms with Crippen molar-refractivity contribution >= 4 is 11.9 Å². The highest BCUT2D eigenvalue weighted by Gasteiger charge is 2.17. The molecule has 1 fully saturated rings. The fraction of sp³-hybridized carbons (Fsp3) is 0.857. The number of hydrogen-bond donors (Lipinski definition) is 2. The largest absolute Gasteiger partial charge is 0.357 e. The van der Waals surface area contributed by atoms with Gasteiger partial charge in [-0.3, -0.25) is 9.79 Å². The topological polar surface area (TPSA) is 56.7 Å². The van der Waals surface area contributed by atoms with Gasteiger partial charge >= 0.3 is 0 Å². The third-order valence-electron chi connectivity index (χ3n) is 3.22. The van der Waals surface area contributed by atoms with Crippen molar-refractivity contribution < 1.29 is 4.79 Å². The predicted molar refractivity (Wildman–Crippen MR) is 79.3 cm³/mol. The maximum Gasteiger partial charge on any atom is 0.224 e. The molecule has 1 rings (SSSR count). The Morgan fingerprint density at radius 3 is 2.58 bits per heavy atom. The smallest absolute Gasteiger partial charge is 0.224 e. The molecule has 1 aliphatic heterocycles. The lowest BCUT2D eigenvalue weighted by Crippen LogP contribution is -2.39. The number of unbranched alkanes of at least 4 members (excludes halogenated alkanes) is 1. The van der Waals surface area contributed by atoms with E-state index in [4.69, 9.17) is 0 Å². The zero-order valence-corrected chi connectivity index (χ0v) is 12.4. The fourth-order valence-corrected chi connectivity index (χ4v) is 2.10. The Labute approximate surface area is 116 Å². The number of nitrogens with one attached hydrogen (secondary N) is 2. The van der Waals surface area contributed by atoms with E-state index in [0.717, 1.165) is 57.8 Å². The number of aliphatic imine (C=N–C) groups is 1. The summed E-state index contributed by atoms with van der Waals surface area (Å²) in [7, 11) is 0. The van der Waals surface area contributed by atoms with E-state index in [1.165, 1.54) is 0 Å². The van der Waals surface area contributed by atoms with Crippen molar-refractivity contribution in [2.75, 3.05) is 32.7 Å². The van der Waals surface area contributed by atoms with Gasteiger partial charge in [0.25, 0.3) is 0 Å². The molecule has 0 spiro atoms. The van der Waals surface area contributed by atoms with Gasteiger partial charge in [0.2, 0.25) is 5.91 Å². The molecule has 0 unspecified atom stereocenters. The molecule has 0 aliphatic carbocycles. The minimum atomic E-state index is 0.259. The van der Waals surface area contributed by atoms with Crippen LogP contribution in [0.3, 0.4) is 0 Å². The molecule has 5 heteroatoms. The van der Waals surface area contributed by atoms with Crippen LogP contribution in [0.4, 0.5) is 0 Å². The minimum absolute atomic E-state index is 0.259. The number of nitrogens with zero attached hydrogens (tertiary/aromatic N) is 2. The molecule has 0 aromatic heterocycles. The summed E-state index contributed by atoms with van der Waals surface area (Å²) in [4.78, 5) is 18.3. The van der Waals surface area contributed by atoms with E-state index in [9.17, 15) is 4.79 Å². The van der Waals surface area contributed by atoms with Crippen LogP contribution in [-0.4, -0.2) is 49.5 Å². The summed E-state index contributed by atoms with van der Waals surface area (Å²) < 4.78 is 0. The Kier molecular flexibility index (Phi) is 8.02. The zero-order valence-electron chi connectivity index (χ0n) is 12.4. The summed E-state index contributed by atoms with van der Waals surface area (Å²) >= 11 is 0. The maximum atomic E-state index is 11.9. The van der Waals surface area contributed by atoms with E-state index >= 15 is 0 Å². The number of guanidine groups is 1. The zero-order chi connectivity index (χ0) is 13.9. The van der Waals surface area contributed by atoms with Crippen LogP contribution >= 0.6 is 0 Å². The standard InChI is InChI=1S/C14H28N4O/c1-3-5-9-16-14(15-4-2)17-10-8-13(19)18-11-6-7-12-18/h3-12H2,1-2H3,(H2,15,16,17). The van der Waals surface area contributed by atoms with Gasteiger partial charge in [-0.25, -0.2) is 0 Å². The summed E-state index contributed by atoms with van der Waals surface area (Å²) in [5.41, 5.74) is 0. The highest BCUT2D eigenvalue weighted by atomic mass is 16.2. The number of likely N-dealkylation sites (tertiary alicyclic amines) is 1. The molecule has 1 amide bonds. The number of rotatable bonds is 7. The SMILES string of the molecule is CCCCN=C(NCC)NCCC(=O)N1CCCC1. The van der Waals surface area contributed by atoms with Gasteiger partial charge in [0, 0.05) is 39.1 Å². The minimum Gasteiger partial charge on any atom is -0.357 e. The molecule has 1 saturated heterocycles. The van der Waals surface area contributed by atoms with E-state index in [0.29, 0.717) is 13.0 Å². The molecule has 1 heterocycles. The highest BCUT2D eigenvalue weighted by molar-refractivity contribution is 5.81. The van der Waals surface area contributed by atoms with E-state index < -0.39 is 0 Å². The first-order valence-corrected chi connectivity index (χ1v) is 7.57. The lowest BCUT2D eigenvalue weighted by Gasteiger charge is -2.16. The first kappa shape index (κ1) is 15.8. The molecule has 5 nitrogen and oxygen atoms in total. The van der Waals surface area contributed by atoms with Gasteiger partial charge in [0.15, 0.2) is 5.96 Å². The van der Waals surface area contributed by atoms with Gasteiger partial charge in [-0.05, 0) is 26.2 Å². The fourth-order valence-electron chi connectivity index (χ4n) is 2.10. The molecule has 0 saturated carbocycles. The predicted octanol–water partition coefficient (Wildman–Crippen LogP) is 1.35. The first-order valence-electron chi connectivity index (χ1n) is 7.57. The second kappa shape index (κ2) is 9.64. The molecule has 2 N–H and O–H groups in total. The highest BCUT2D eigenvalue weighted by Crippen LogP contribution is 2.08. The number of amides is 1. The van der Waals surface area contributed by atoms with Crippen molar-refractivity contribution in [3.63, 3.8) is 0 Å². The summed E-state index contributed by atoms with van der Waals surface area (Å²) in [5, 5.41) is 6.42. The van der Waals surface area contributed by atoms with Crippen LogP contribution in [0.15, 0.2) is 4.99 Å². The second-order valence-electron chi connectivity index (χ2n) is 4.88. The van der Waals surface area contributed by atoms with Gasteiger partial charge in [-0.15, -0.1) is 0 Å². The van der Waals surface area contributed by atoms with Crippen LogP contribution in [0.1, 0.15) is 46.0 Å². The average molecular weight is 268 g/mol. The molecule has 0 bridgehead atoms.